The summed E-state index contributed by atoms with van der Waals surface area (Å²) in [5.41, 5.74) is 4.18. The van der Waals surface area contributed by atoms with Gasteiger partial charge in [0, 0.05) is 12.1 Å². The molecule has 34 heavy (non-hydrogen) atoms. The fraction of sp³-hybridized carbons (Fsp3) is 0.120. The maximum atomic E-state index is 13.8. The fourth-order valence-corrected chi connectivity index (χ4v) is 4.41. The van der Waals surface area contributed by atoms with Crippen molar-refractivity contribution < 1.29 is 19.3 Å². The third-order valence-electron chi connectivity index (χ3n) is 6.02. The zero-order chi connectivity index (χ0) is 23.8. The molecule has 9 nitrogen and oxygen atoms in total. The van der Waals surface area contributed by atoms with Crippen LogP contribution in [-0.4, -0.2) is 34.3 Å². The summed E-state index contributed by atoms with van der Waals surface area (Å²) >= 11 is 0. The maximum Gasteiger partial charge on any atom is 0.269 e. The molecule has 2 heterocycles. The maximum absolute atomic E-state index is 13.8. The van der Waals surface area contributed by atoms with E-state index in [4.69, 9.17) is 0 Å². The third kappa shape index (κ3) is 3.43. The average molecular weight is 454 g/mol. The van der Waals surface area contributed by atoms with E-state index in [1.165, 1.54) is 24.3 Å². The average Bonchev–Trinajstić information content (AvgIpc) is 3.40. The van der Waals surface area contributed by atoms with Gasteiger partial charge in [0.2, 0.25) is 5.91 Å². The minimum absolute atomic E-state index is 0.00883. The molecule has 2 aliphatic rings. The number of benzene rings is 3. The summed E-state index contributed by atoms with van der Waals surface area (Å²) in [6, 6.07) is 22.5. The van der Waals surface area contributed by atoms with Gasteiger partial charge >= 0.3 is 0 Å². The number of anilines is 1. The molecule has 1 fully saturated rings. The standard InChI is InChI=1S/C25H18N4O5/c30-23(19(15-7-3-1-4-8-15)16-9-5-2-6-10-16)21-20-22(27-26-21)25(32)28(24(20)31)17-11-13-18(14-12-17)29(33)34/h1-14,19-20,22,27H/t20-,22+/m0/s1. The normalized spacial score (nSPS) is 19.1. The van der Waals surface area contributed by atoms with Crippen LogP contribution in [0.5, 0.6) is 0 Å². The second kappa shape index (κ2) is 8.36. The number of rotatable bonds is 6. The Labute approximate surface area is 193 Å². The summed E-state index contributed by atoms with van der Waals surface area (Å²) in [7, 11) is 0. The lowest BCUT2D eigenvalue weighted by molar-refractivity contribution is -0.384. The lowest BCUT2D eigenvalue weighted by atomic mass is 9.82. The number of ketones is 1. The number of hydrogen-bond donors (Lipinski definition) is 1. The van der Waals surface area contributed by atoms with Gasteiger partial charge in [0.05, 0.1) is 16.5 Å². The van der Waals surface area contributed by atoms with E-state index < -0.39 is 34.6 Å². The first-order valence-corrected chi connectivity index (χ1v) is 10.6. The molecule has 0 unspecified atom stereocenters. The zero-order valence-electron chi connectivity index (χ0n) is 17.7. The Morgan fingerprint density at radius 2 is 1.44 bits per heavy atom. The van der Waals surface area contributed by atoms with Gasteiger partial charge in [-0.05, 0) is 23.3 Å². The minimum atomic E-state index is -1.08. The van der Waals surface area contributed by atoms with Crippen molar-refractivity contribution in [3.8, 4) is 0 Å². The molecule has 1 N–H and O–H groups in total. The lowest BCUT2D eigenvalue weighted by Gasteiger charge is -2.19. The number of non-ortho nitro benzene ring substituents is 1. The third-order valence-corrected chi connectivity index (χ3v) is 6.02. The van der Waals surface area contributed by atoms with Gasteiger partial charge in [-0.15, -0.1) is 0 Å². The molecule has 168 valence electrons. The van der Waals surface area contributed by atoms with Crippen LogP contribution in [0.4, 0.5) is 11.4 Å². The van der Waals surface area contributed by atoms with E-state index in [2.05, 4.69) is 10.5 Å². The van der Waals surface area contributed by atoms with Gasteiger partial charge in [-0.1, -0.05) is 60.7 Å². The lowest BCUT2D eigenvalue weighted by Crippen LogP contribution is -2.36. The number of nitrogens with zero attached hydrogens (tertiary/aromatic N) is 3. The van der Waals surface area contributed by atoms with Crippen molar-refractivity contribution in [3.05, 3.63) is 106 Å². The molecule has 1 saturated heterocycles. The van der Waals surface area contributed by atoms with Crippen LogP contribution in [0.3, 0.4) is 0 Å². The second-order valence-corrected chi connectivity index (χ2v) is 7.99. The number of fused-ring (bicyclic) bond motifs is 1. The van der Waals surface area contributed by atoms with Crippen molar-refractivity contribution in [2.24, 2.45) is 11.0 Å². The topological polar surface area (TPSA) is 122 Å². The van der Waals surface area contributed by atoms with E-state index in [9.17, 15) is 24.5 Å². The Hall–Kier alpha value is -4.66. The number of Topliss-reactive ketones (excluding diaryl/α,β-unsaturated/α-hetero) is 1. The monoisotopic (exact) mass is 454 g/mol. The predicted molar refractivity (Wildman–Crippen MR) is 123 cm³/mol. The summed E-state index contributed by atoms with van der Waals surface area (Å²) in [4.78, 5) is 51.4. The predicted octanol–water partition coefficient (Wildman–Crippen LogP) is 2.81. The van der Waals surface area contributed by atoms with Crippen molar-refractivity contribution in [2.45, 2.75) is 12.0 Å². The van der Waals surface area contributed by atoms with E-state index in [1.54, 1.807) is 0 Å². The number of carbonyl (C=O) groups excluding carboxylic acids is 3. The van der Waals surface area contributed by atoms with E-state index in [0.717, 1.165) is 16.0 Å². The molecule has 5 rings (SSSR count). The summed E-state index contributed by atoms with van der Waals surface area (Å²) in [5, 5.41) is 15.1. The number of carbonyl (C=O) groups is 3. The molecule has 0 radical (unpaired) electrons. The highest BCUT2D eigenvalue weighted by Crippen LogP contribution is 2.35. The van der Waals surface area contributed by atoms with E-state index in [-0.39, 0.29) is 22.9 Å². The van der Waals surface area contributed by atoms with Crippen molar-refractivity contribution >= 4 is 34.7 Å². The number of amides is 2. The van der Waals surface area contributed by atoms with E-state index in [1.807, 2.05) is 60.7 Å². The van der Waals surface area contributed by atoms with Gasteiger partial charge in [-0.2, -0.15) is 5.10 Å². The van der Waals surface area contributed by atoms with Crippen molar-refractivity contribution in [3.63, 3.8) is 0 Å². The van der Waals surface area contributed by atoms with Crippen LogP contribution in [0.1, 0.15) is 17.0 Å². The number of nitro benzene ring substituents is 1. The Morgan fingerprint density at radius 3 is 1.97 bits per heavy atom. The Balaban J connectivity index is 1.48. The van der Waals surface area contributed by atoms with Gasteiger partial charge in [0.1, 0.15) is 17.7 Å². The Kier molecular flexibility index (Phi) is 5.21. The van der Waals surface area contributed by atoms with Crippen LogP contribution in [0.15, 0.2) is 90.0 Å². The van der Waals surface area contributed by atoms with Gasteiger partial charge in [0.25, 0.3) is 11.6 Å². The van der Waals surface area contributed by atoms with Crippen LogP contribution in [0, 0.1) is 16.0 Å². The quantitative estimate of drug-likeness (QED) is 0.347. The first-order chi connectivity index (χ1) is 16.5. The summed E-state index contributed by atoms with van der Waals surface area (Å²) in [6.07, 6.45) is 0. The van der Waals surface area contributed by atoms with Crippen LogP contribution in [0.25, 0.3) is 0 Å². The summed E-state index contributed by atoms with van der Waals surface area (Å²) in [6.45, 7) is 0. The van der Waals surface area contributed by atoms with Crippen molar-refractivity contribution in [1.29, 1.82) is 0 Å². The molecule has 0 spiro atoms. The zero-order valence-corrected chi connectivity index (χ0v) is 17.7. The summed E-state index contributed by atoms with van der Waals surface area (Å²) in [5.74, 6) is -3.31. The molecular weight excluding hydrogens is 436 g/mol. The van der Waals surface area contributed by atoms with Crippen LogP contribution >= 0.6 is 0 Å². The van der Waals surface area contributed by atoms with Crippen LogP contribution in [-0.2, 0) is 14.4 Å². The van der Waals surface area contributed by atoms with Gasteiger partial charge in [-0.3, -0.25) is 29.9 Å². The number of imide groups is 1. The number of nitrogens with one attached hydrogen (secondary N) is 1. The van der Waals surface area contributed by atoms with Gasteiger partial charge in [0.15, 0.2) is 5.78 Å². The molecular formula is C25H18N4O5. The van der Waals surface area contributed by atoms with E-state index in [0.29, 0.717) is 0 Å². The highest BCUT2D eigenvalue weighted by atomic mass is 16.6. The van der Waals surface area contributed by atoms with Crippen molar-refractivity contribution in [1.82, 2.24) is 5.43 Å². The molecule has 2 amide bonds. The molecule has 2 atom stereocenters. The first-order valence-electron chi connectivity index (χ1n) is 10.6. The van der Waals surface area contributed by atoms with Crippen molar-refractivity contribution in [2.75, 3.05) is 4.90 Å². The first kappa shape index (κ1) is 21.2. The Morgan fingerprint density at radius 1 is 0.882 bits per heavy atom. The molecule has 0 aromatic heterocycles. The van der Waals surface area contributed by atoms with Gasteiger partial charge < -0.3 is 0 Å². The summed E-state index contributed by atoms with van der Waals surface area (Å²) < 4.78 is 0. The van der Waals surface area contributed by atoms with Crippen LogP contribution in [0.2, 0.25) is 0 Å². The highest BCUT2D eigenvalue weighted by molar-refractivity contribution is 6.50. The Bertz CT molecular complexity index is 1280. The number of nitro groups is 1. The molecule has 2 aliphatic heterocycles. The largest absolute Gasteiger partial charge is 0.296 e. The molecule has 3 aromatic carbocycles. The fourth-order valence-electron chi connectivity index (χ4n) is 4.41. The number of hydrogen-bond acceptors (Lipinski definition) is 7. The molecule has 0 bridgehead atoms. The molecule has 9 heteroatoms. The molecule has 0 aliphatic carbocycles. The second-order valence-electron chi connectivity index (χ2n) is 7.99. The van der Waals surface area contributed by atoms with E-state index >= 15 is 0 Å². The van der Waals surface area contributed by atoms with Crippen LogP contribution < -0.4 is 10.3 Å². The minimum Gasteiger partial charge on any atom is -0.296 e. The van der Waals surface area contributed by atoms with Gasteiger partial charge in [-0.25, -0.2) is 4.90 Å². The molecule has 3 aromatic rings. The molecule has 0 saturated carbocycles. The smallest absolute Gasteiger partial charge is 0.269 e. The number of hydrazone groups is 1. The highest BCUT2D eigenvalue weighted by Gasteiger charge is 2.56. The SMILES string of the molecule is O=C(C1=NN[C@H]2C(=O)N(c3ccc([N+](=O)[O-])cc3)C(=O)[C@@H]12)C(c1ccccc1)c1ccccc1.